The zero-order valence-corrected chi connectivity index (χ0v) is 15.1. The van der Waals surface area contributed by atoms with Crippen molar-refractivity contribution in [3.05, 3.63) is 35.6 Å². The third-order valence-corrected chi connectivity index (χ3v) is 4.93. The Kier molecular flexibility index (Phi) is 6.21. The van der Waals surface area contributed by atoms with E-state index >= 15 is 0 Å². The monoisotopic (exact) mass is 363 g/mol. The molecule has 6 nitrogen and oxygen atoms in total. The molecule has 1 aromatic rings. The molecule has 0 aliphatic carbocycles. The second-order valence-electron chi connectivity index (χ2n) is 7.03. The van der Waals surface area contributed by atoms with Gasteiger partial charge >= 0.3 is 0 Å². The van der Waals surface area contributed by atoms with Crippen LogP contribution in [0.15, 0.2) is 24.3 Å². The fraction of sp³-hybridized carbons (Fsp3) is 0.579. The molecule has 2 aliphatic heterocycles. The molecular weight excluding hydrogens is 337 g/mol. The highest BCUT2D eigenvalue weighted by atomic mass is 19.1. The van der Waals surface area contributed by atoms with Crippen molar-refractivity contribution in [1.82, 2.24) is 15.1 Å². The van der Waals surface area contributed by atoms with Crippen LogP contribution in [0.25, 0.3) is 0 Å². The first-order chi connectivity index (χ1) is 12.5. The standard InChI is InChI=1S/C19H26FN3O3/c1-14(24)21-17-3-2-8-23(11-17)19(25)13-22-9-10-26-18(12-22)15-4-6-16(20)7-5-15/h4-7,17-18H,2-3,8-13H2,1H3,(H,21,24)/t17-,18-/m1/s1. The normalized spacial score (nSPS) is 24.3. The first-order valence-electron chi connectivity index (χ1n) is 9.15. The van der Waals surface area contributed by atoms with E-state index < -0.39 is 0 Å². The van der Waals surface area contributed by atoms with E-state index in [1.807, 2.05) is 4.90 Å². The Bertz CT molecular complexity index is 637. The molecule has 2 atom stereocenters. The number of piperidine rings is 1. The number of ether oxygens (including phenoxy) is 1. The number of benzene rings is 1. The van der Waals surface area contributed by atoms with Gasteiger partial charge in [-0.1, -0.05) is 12.1 Å². The lowest BCUT2D eigenvalue weighted by atomic mass is 10.1. The van der Waals surface area contributed by atoms with Crippen molar-refractivity contribution in [2.75, 3.05) is 39.3 Å². The van der Waals surface area contributed by atoms with Crippen molar-refractivity contribution >= 4 is 11.8 Å². The lowest BCUT2D eigenvalue weighted by Crippen LogP contribution is -2.52. The van der Waals surface area contributed by atoms with Gasteiger partial charge in [-0.3, -0.25) is 14.5 Å². The summed E-state index contributed by atoms with van der Waals surface area (Å²) in [5, 5.41) is 2.91. The lowest BCUT2D eigenvalue weighted by molar-refractivity contribution is -0.136. The van der Waals surface area contributed by atoms with Crippen molar-refractivity contribution in [3.63, 3.8) is 0 Å². The van der Waals surface area contributed by atoms with Crippen molar-refractivity contribution in [2.24, 2.45) is 0 Å². The predicted molar refractivity (Wildman–Crippen MR) is 95.0 cm³/mol. The van der Waals surface area contributed by atoms with Crippen LogP contribution in [0, 0.1) is 5.82 Å². The first-order valence-corrected chi connectivity index (χ1v) is 9.15. The molecule has 0 aromatic heterocycles. The van der Waals surface area contributed by atoms with E-state index in [4.69, 9.17) is 4.74 Å². The van der Waals surface area contributed by atoms with Gasteiger partial charge in [0.25, 0.3) is 0 Å². The quantitative estimate of drug-likeness (QED) is 0.877. The van der Waals surface area contributed by atoms with Crippen LogP contribution in [-0.2, 0) is 14.3 Å². The molecule has 0 spiro atoms. The Hall–Kier alpha value is -1.99. The average molecular weight is 363 g/mol. The topological polar surface area (TPSA) is 61.9 Å². The summed E-state index contributed by atoms with van der Waals surface area (Å²) < 4.78 is 18.9. The number of carbonyl (C=O) groups is 2. The highest BCUT2D eigenvalue weighted by Gasteiger charge is 2.28. The van der Waals surface area contributed by atoms with Crippen LogP contribution in [0.2, 0.25) is 0 Å². The summed E-state index contributed by atoms with van der Waals surface area (Å²) >= 11 is 0. The third-order valence-electron chi connectivity index (χ3n) is 4.93. The number of nitrogens with one attached hydrogen (secondary N) is 1. The van der Waals surface area contributed by atoms with Crippen LogP contribution in [0.3, 0.4) is 0 Å². The molecule has 1 N–H and O–H groups in total. The second kappa shape index (κ2) is 8.60. The van der Waals surface area contributed by atoms with E-state index in [9.17, 15) is 14.0 Å². The van der Waals surface area contributed by atoms with Gasteiger partial charge in [0.1, 0.15) is 5.82 Å². The summed E-state index contributed by atoms with van der Waals surface area (Å²) in [6, 6.07) is 6.36. The molecule has 0 bridgehead atoms. The highest BCUT2D eigenvalue weighted by molar-refractivity contribution is 5.78. The molecule has 2 saturated heterocycles. The fourth-order valence-corrected chi connectivity index (χ4v) is 3.63. The van der Waals surface area contributed by atoms with Crippen LogP contribution in [0.5, 0.6) is 0 Å². The number of amides is 2. The van der Waals surface area contributed by atoms with E-state index in [0.717, 1.165) is 24.9 Å². The highest BCUT2D eigenvalue weighted by Crippen LogP contribution is 2.22. The van der Waals surface area contributed by atoms with E-state index in [0.29, 0.717) is 32.8 Å². The molecule has 142 valence electrons. The number of likely N-dealkylation sites (tertiary alicyclic amines) is 1. The van der Waals surface area contributed by atoms with E-state index in [-0.39, 0.29) is 29.8 Å². The summed E-state index contributed by atoms with van der Waals surface area (Å²) in [7, 11) is 0. The van der Waals surface area contributed by atoms with Crippen molar-refractivity contribution in [2.45, 2.75) is 31.9 Å². The Morgan fingerprint density at radius 1 is 1.23 bits per heavy atom. The molecule has 1 aromatic carbocycles. The van der Waals surface area contributed by atoms with Gasteiger partial charge in [0.2, 0.25) is 11.8 Å². The Morgan fingerprint density at radius 2 is 2.00 bits per heavy atom. The molecule has 26 heavy (non-hydrogen) atoms. The number of hydrogen-bond acceptors (Lipinski definition) is 4. The fourth-order valence-electron chi connectivity index (χ4n) is 3.63. The first kappa shape index (κ1) is 18.8. The number of nitrogens with zero attached hydrogens (tertiary/aromatic N) is 2. The lowest BCUT2D eigenvalue weighted by Gasteiger charge is -2.36. The molecule has 0 radical (unpaired) electrons. The van der Waals surface area contributed by atoms with Gasteiger partial charge in [-0.25, -0.2) is 4.39 Å². The summed E-state index contributed by atoms with van der Waals surface area (Å²) in [5.74, 6) is -0.241. The number of rotatable bonds is 4. The van der Waals surface area contributed by atoms with Gasteiger partial charge < -0.3 is 15.0 Å². The van der Waals surface area contributed by atoms with Gasteiger partial charge in [0.05, 0.1) is 19.3 Å². The molecule has 0 unspecified atom stereocenters. The van der Waals surface area contributed by atoms with Crippen LogP contribution < -0.4 is 5.32 Å². The zero-order valence-electron chi connectivity index (χ0n) is 15.1. The van der Waals surface area contributed by atoms with Crippen LogP contribution >= 0.6 is 0 Å². The number of morpholine rings is 1. The summed E-state index contributed by atoms with van der Waals surface area (Å²) in [6.45, 7) is 5.01. The second-order valence-corrected chi connectivity index (χ2v) is 7.03. The molecule has 0 saturated carbocycles. The van der Waals surface area contributed by atoms with Gasteiger partial charge in [0, 0.05) is 39.1 Å². The molecule has 7 heteroatoms. The molecule has 2 fully saturated rings. The smallest absolute Gasteiger partial charge is 0.236 e. The Morgan fingerprint density at radius 3 is 2.73 bits per heavy atom. The summed E-state index contributed by atoms with van der Waals surface area (Å²) in [5.41, 5.74) is 0.923. The van der Waals surface area contributed by atoms with E-state index in [1.54, 1.807) is 12.1 Å². The number of carbonyl (C=O) groups excluding carboxylic acids is 2. The zero-order chi connectivity index (χ0) is 18.5. The van der Waals surface area contributed by atoms with E-state index in [2.05, 4.69) is 10.2 Å². The summed E-state index contributed by atoms with van der Waals surface area (Å²) in [6.07, 6.45) is 1.66. The minimum absolute atomic E-state index is 0.0434. The maximum absolute atomic E-state index is 13.1. The largest absolute Gasteiger partial charge is 0.371 e. The van der Waals surface area contributed by atoms with Crippen LogP contribution in [0.4, 0.5) is 4.39 Å². The minimum Gasteiger partial charge on any atom is -0.371 e. The van der Waals surface area contributed by atoms with Gasteiger partial charge in [-0.15, -0.1) is 0 Å². The maximum atomic E-state index is 13.1. The SMILES string of the molecule is CC(=O)N[C@@H]1CCCN(C(=O)CN2CCO[C@@H](c3ccc(F)cc3)C2)C1. The molecule has 3 rings (SSSR count). The van der Waals surface area contributed by atoms with Crippen molar-refractivity contribution in [3.8, 4) is 0 Å². The van der Waals surface area contributed by atoms with Crippen LogP contribution in [0.1, 0.15) is 31.4 Å². The summed E-state index contributed by atoms with van der Waals surface area (Å²) in [4.78, 5) is 27.8. The molecule has 2 heterocycles. The van der Waals surface area contributed by atoms with Gasteiger partial charge in [-0.05, 0) is 30.5 Å². The molecular formula is C19H26FN3O3. The maximum Gasteiger partial charge on any atom is 0.236 e. The molecule has 2 amide bonds. The number of hydrogen-bond donors (Lipinski definition) is 1. The van der Waals surface area contributed by atoms with Gasteiger partial charge in [0.15, 0.2) is 0 Å². The predicted octanol–water partition coefficient (Wildman–Crippen LogP) is 1.33. The number of halogens is 1. The van der Waals surface area contributed by atoms with E-state index in [1.165, 1.54) is 19.1 Å². The minimum atomic E-state index is -0.268. The van der Waals surface area contributed by atoms with Crippen molar-refractivity contribution < 1.29 is 18.7 Å². The van der Waals surface area contributed by atoms with Crippen LogP contribution in [-0.4, -0.2) is 67.0 Å². The third kappa shape index (κ3) is 5.02. The Labute approximate surface area is 153 Å². The van der Waals surface area contributed by atoms with Gasteiger partial charge in [-0.2, -0.15) is 0 Å². The molecule has 2 aliphatic rings. The average Bonchev–Trinajstić information content (AvgIpc) is 2.62. The Balaban J connectivity index is 1.53. The van der Waals surface area contributed by atoms with Crippen molar-refractivity contribution in [1.29, 1.82) is 0 Å².